The Morgan fingerprint density at radius 3 is 2.43 bits per heavy atom. The van der Waals surface area contributed by atoms with Gasteiger partial charge in [0.2, 0.25) is 0 Å². The second-order valence-corrected chi connectivity index (χ2v) is 6.55. The molecule has 30 heavy (non-hydrogen) atoms. The zero-order valence-corrected chi connectivity index (χ0v) is 15.4. The molecule has 0 aliphatic carbocycles. The van der Waals surface area contributed by atoms with E-state index < -0.39 is 17.6 Å². The van der Waals surface area contributed by atoms with Crippen molar-refractivity contribution in [3.8, 4) is 11.3 Å². The van der Waals surface area contributed by atoms with E-state index in [0.29, 0.717) is 11.3 Å². The van der Waals surface area contributed by atoms with Crippen molar-refractivity contribution < 1.29 is 18.0 Å². The van der Waals surface area contributed by atoms with Crippen LogP contribution in [0, 0.1) is 0 Å². The Labute approximate surface area is 169 Å². The van der Waals surface area contributed by atoms with E-state index in [1.165, 1.54) is 18.3 Å². The SMILES string of the molecule is O=C(N/N=C/c1ccc(C(F)(F)F)cc1)c1cc(-c2ccc3ccccc3c2)n[nH]1. The molecule has 3 aromatic carbocycles. The lowest BCUT2D eigenvalue weighted by Crippen LogP contribution is -2.18. The number of fused-ring (bicyclic) bond motifs is 1. The molecule has 1 amide bonds. The molecule has 0 aliphatic heterocycles. The van der Waals surface area contributed by atoms with Crippen molar-refractivity contribution in [3.05, 3.63) is 89.6 Å². The third-order valence-corrected chi connectivity index (χ3v) is 4.49. The molecule has 0 saturated heterocycles. The second-order valence-electron chi connectivity index (χ2n) is 6.55. The van der Waals surface area contributed by atoms with Crippen molar-refractivity contribution in [1.82, 2.24) is 15.6 Å². The van der Waals surface area contributed by atoms with E-state index in [1.807, 2.05) is 42.5 Å². The number of carbonyl (C=O) groups excluding carboxylic acids is 1. The Morgan fingerprint density at radius 1 is 0.967 bits per heavy atom. The largest absolute Gasteiger partial charge is 0.416 e. The maximum absolute atomic E-state index is 12.6. The first-order chi connectivity index (χ1) is 14.4. The summed E-state index contributed by atoms with van der Waals surface area (Å²) in [4.78, 5) is 12.2. The van der Waals surface area contributed by atoms with Crippen molar-refractivity contribution in [2.75, 3.05) is 0 Å². The summed E-state index contributed by atoms with van der Waals surface area (Å²) in [7, 11) is 0. The fourth-order valence-corrected chi connectivity index (χ4v) is 2.92. The zero-order chi connectivity index (χ0) is 21.1. The van der Waals surface area contributed by atoms with Crippen LogP contribution in [0.4, 0.5) is 13.2 Å². The lowest BCUT2D eigenvalue weighted by molar-refractivity contribution is -0.137. The topological polar surface area (TPSA) is 70.1 Å². The van der Waals surface area contributed by atoms with Crippen LogP contribution >= 0.6 is 0 Å². The van der Waals surface area contributed by atoms with Gasteiger partial charge >= 0.3 is 6.18 Å². The van der Waals surface area contributed by atoms with Crippen molar-refractivity contribution >= 4 is 22.9 Å². The molecular weight excluding hydrogens is 393 g/mol. The molecule has 1 aromatic heterocycles. The number of carbonyl (C=O) groups is 1. The van der Waals surface area contributed by atoms with Gasteiger partial charge in [-0.1, -0.05) is 48.5 Å². The van der Waals surface area contributed by atoms with E-state index in [1.54, 1.807) is 6.07 Å². The minimum absolute atomic E-state index is 0.211. The van der Waals surface area contributed by atoms with Gasteiger partial charge in [0.05, 0.1) is 17.5 Å². The molecule has 5 nitrogen and oxygen atoms in total. The number of H-pyrrole nitrogens is 1. The summed E-state index contributed by atoms with van der Waals surface area (Å²) < 4.78 is 37.7. The third kappa shape index (κ3) is 4.22. The van der Waals surface area contributed by atoms with Crippen molar-refractivity contribution in [3.63, 3.8) is 0 Å². The Bertz CT molecular complexity index is 1230. The van der Waals surface area contributed by atoms with Gasteiger partial charge in [0.1, 0.15) is 5.69 Å². The Hall–Kier alpha value is -3.94. The molecule has 0 fully saturated rings. The van der Waals surface area contributed by atoms with Gasteiger partial charge < -0.3 is 0 Å². The van der Waals surface area contributed by atoms with E-state index in [-0.39, 0.29) is 5.69 Å². The summed E-state index contributed by atoms with van der Waals surface area (Å²) in [6, 6.07) is 19.8. The van der Waals surface area contributed by atoms with Gasteiger partial charge in [0, 0.05) is 5.56 Å². The molecule has 4 rings (SSSR count). The molecule has 0 atom stereocenters. The van der Waals surface area contributed by atoms with E-state index in [4.69, 9.17) is 0 Å². The van der Waals surface area contributed by atoms with Gasteiger partial charge in [0.15, 0.2) is 0 Å². The molecule has 0 unspecified atom stereocenters. The highest BCUT2D eigenvalue weighted by Gasteiger charge is 2.29. The number of aromatic amines is 1. The number of hydrogen-bond acceptors (Lipinski definition) is 3. The molecule has 1 heterocycles. The molecule has 0 radical (unpaired) electrons. The second kappa shape index (κ2) is 7.82. The number of amides is 1. The van der Waals surface area contributed by atoms with Gasteiger partial charge in [-0.2, -0.15) is 23.4 Å². The van der Waals surface area contributed by atoms with E-state index in [2.05, 4.69) is 20.7 Å². The van der Waals surface area contributed by atoms with Gasteiger partial charge in [-0.3, -0.25) is 9.89 Å². The van der Waals surface area contributed by atoms with Gasteiger partial charge in [0.25, 0.3) is 5.91 Å². The minimum Gasteiger partial charge on any atom is -0.272 e. The highest BCUT2D eigenvalue weighted by atomic mass is 19.4. The molecule has 8 heteroatoms. The number of alkyl halides is 3. The number of rotatable bonds is 4. The lowest BCUT2D eigenvalue weighted by atomic mass is 10.1. The van der Waals surface area contributed by atoms with Crippen LogP contribution in [0.3, 0.4) is 0 Å². The molecule has 2 N–H and O–H groups in total. The molecule has 150 valence electrons. The highest BCUT2D eigenvalue weighted by molar-refractivity contribution is 5.94. The average Bonchev–Trinajstić information content (AvgIpc) is 3.23. The van der Waals surface area contributed by atoms with Gasteiger partial charge in [-0.25, -0.2) is 5.43 Å². The van der Waals surface area contributed by atoms with Crippen LogP contribution < -0.4 is 5.43 Å². The third-order valence-electron chi connectivity index (χ3n) is 4.49. The first-order valence-electron chi connectivity index (χ1n) is 8.95. The van der Waals surface area contributed by atoms with Crippen LogP contribution in [0.5, 0.6) is 0 Å². The Morgan fingerprint density at radius 2 is 1.70 bits per heavy atom. The van der Waals surface area contributed by atoms with Crippen molar-refractivity contribution in [1.29, 1.82) is 0 Å². The number of halogens is 3. The zero-order valence-electron chi connectivity index (χ0n) is 15.4. The van der Waals surface area contributed by atoms with Crippen LogP contribution in [0.15, 0.2) is 77.9 Å². The number of benzene rings is 3. The summed E-state index contributed by atoms with van der Waals surface area (Å²) in [6.07, 6.45) is -3.13. The molecule has 0 bridgehead atoms. The summed E-state index contributed by atoms with van der Waals surface area (Å²) >= 11 is 0. The minimum atomic E-state index is -4.40. The number of aromatic nitrogens is 2. The lowest BCUT2D eigenvalue weighted by Gasteiger charge is -2.05. The molecule has 4 aromatic rings. The number of nitrogens with one attached hydrogen (secondary N) is 2. The highest BCUT2D eigenvalue weighted by Crippen LogP contribution is 2.29. The van der Waals surface area contributed by atoms with E-state index in [9.17, 15) is 18.0 Å². The fraction of sp³-hybridized carbons (Fsp3) is 0.0455. The maximum atomic E-state index is 12.6. The van der Waals surface area contributed by atoms with Crippen LogP contribution in [-0.4, -0.2) is 22.3 Å². The van der Waals surface area contributed by atoms with Crippen molar-refractivity contribution in [2.45, 2.75) is 6.18 Å². The average molecular weight is 408 g/mol. The smallest absolute Gasteiger partial charge is 0.272 e. The van der Waals surface area contributed by atoms with Crippen LogP contribution in [-0.2, 0) is 6.18 Å². The van der Waals surface area contributed by atoms with Crippen LogP contribution in [0.1, 0.15) is 21.6 Å². The first kappa shape index (κ1) is 19.4. The summed E-state index contributed by atoms with van der Waals surface area (Å²) in [5.74, 6) is -0.516. The monoisotopic (exact) mass is 408 g/mol. The van der Waals surface area contributed by atoms with Gasteiger partial charge in [-0.05, 0) is 40.6 Å². The van der Waals surface area contributed by atoms with Crippen LogP contribution in [0.25, 0.3) is 22.0 Å². The molecule has 0 spiro atoms. The Kier molecular flexibility index (Phi) is 5.05. The summed E-state index contributed by atoms with van der Waals surface area (Å²) in [6.45, 7) is 0. The number of hydrazone groups is 1. The molecular formula is C22H15F3N4O. The van der Waals surface area contributed by atoms with E-state index in [0.717, 1.165) is 28.5 Å². The number of nitrogens with zero attached hydrogens (tertiary/aromatic N) is 2. The predicted molar refractivity (Wildman–Crippen MR) is 108 cm³/mol. The van der Waals surface area contributed by atoms with Crippen molar-refractivity contribution in [2.24, 2.45) is 5.10 Å². The normalized spacial score (nSPS) is 11.8. The summed E-state index contributed by atoms with van der Waals surface area (Å²) in [5, 5.41) is 12.8. The maximum Gasteiger partial charge on any atom is 0.416 e. The van der Waals surface area contributed by atoms with Crippen LogP contribution in [0.2, 0.25) is 0 Å². The Balaban J connectivity index is 1.43. The number of hydrogen-bond donors (Lipinski definition) is 2. The van der Waals surface area contributed by atoms with E-state index >= 15 is 0 Å². The molecule has 0 aliphatic rings. The molecule has 0 saturated carbocycles. The predicted octanol–water partition coefficient (Wildman–Crippen LogP) is 5.01. The fourth-order valence-electron chi connectivity index (χ4n) is 2.92. The first-order valence-corrected chi connectivity index (χ1v) is 8.95. The quantitative estimate of drug-likeness (QED) is 0.368. The standard InChI is InChI=1S/C22H15F3N4O/c23-22(24,25)18-9-5-14(6-10-18)13-26-29-21(30)20-12-19(27-28-20)17-8-7-15-3-1-2-4-16(15)11-17/h1-13H,(H,27,28)(H,29,30)/b26-13+. The summed E-state index contributed by atoms with van der Waals surface area (Å²) in [5.41, 5.74) is 3.68. The van der Waals surface area contributed by atoms with Gasteiger partial charge in [-0.15, -0.1) is 0 Å².